The fraction of sp³-hybridized carbons (Fsp3) is 0.622. The van der Waals surface area contributed by atoms with Crippen LogP contribution in [0.5, 0.6) is 0 Å². The summed E-state index contributed by atoms with van der Waals surface area (Å²) < 4.78 is 20.0. The minimum atomic E-state index is -1.80. The Morgan fingerprint density at radius 1 is 0.717 bits per heavy atom. The Morgan fingerprint density at radius 3 is 1.48 bits per heavy atom. The number of aliphatic hydroxyl groups is 3. The molecule has 14 atom stereocenters. The van der Waals surface area contributed by atoms with Crippen molar-refractivity contribution >= 4 is 64.5 Å². The van der Waals surface area contributed by atoms with Gasteiger partial charge in [-0.25, -0.2) is 14.4 Å². The van der Waals surface area contributed by atoms with Crippen LogP contribution in [0.25, 0.3) is 0 Å². The summed E-state index contributed by atoms with van der Waals surface area (Å²) in [5.41, 5.74) is 0. The molecule has 3 N–H and O–H groups in total. The van der Waals surface area contributed by atoms with Gasteiger partial charge >= 0.3 is 18.1 Å². The van der Waals surface area contributed by atoms with Crippen LogP contribution in [0, 0.1) is 47.3 Å². The van der Waals surface area contributed by atoms with E-state index in [9.17, 15) is 39.3 Å². The van der Waals surface area contributed by atoms with Gasteiger partial charge in [0.05, 0.1) is 18.3 Å². The standard InChI is InChI=1S/C45H65Cl3O12/c1-11-34(32(9)49)21-23-36(50)28(5)40(54)30(7)42-26(3)17-13-15-20-39(53)60-43(27(4)18-14-16-19-38(52)59-42)31(8)41(55)29(6)37(51)24-22-35(12-2)33(10)58-44(56)57-25-45(46,47)48/h13-24,26-35,40-43,49,54-55H,11-12,25H2,1-10H3/b17-13+,18-14+,19-16+,20-15+,23-21+,24-22+/t26-,27-,28+,29+,30-,31-,32+,33+,34-,35-,40-,41-,42-,43-/m0/s1. The van der Waals surface area contributed by atoms with Crippen molar-refractivity contribution in [2.45, 2.75) is 122 Å². The van der Waals surface area contributed by atoms with E-state index < -0.39 is 106 Å². The predicted octanol–water partition coefficient (Wildman–Crippen LogP) is 8.18. The lowest BCUT2D eigenvalue weighted by Gasteiger charge is -2.33. The van der Waals surface area contributed by atoms with Crippen LogP contribution < -0.4 is 0 Å². The summed E-state index contributed by atoms with van der Waals surface area (Å²) in [5.74, 6) is -6.83. The molecule has 0 bridgehead atoms. The van der Waals surface area contributed by atoms with Gasteiger partial charge in [-0.1, -0.05) is 139 Å². The first-order valence-electron chi connectivity index (χ1n) is 20.4. The van der Waals surface area contributed by atoms with Gasteiger partial charge < -0.3 is 34.3 Å². The van der Waals surface area contributed by atoms with E-state index in [4.69, 9.17) is 53.8 Å². The van der Waals surface area contributed by atoms with Crippen LogP contribution in [-0.4, -0.2) is 92.0 Å². The fourth-order valence-corrected chi connectivity index (χ4v) is 6.92. The maximum absolute atomic E-state index is 13.3. The molecular weight excluding hydrogens is 839 g/mol. The number of carbonyl (C=O) groups is 5. The summed E-state index contributed by atoms with van der Waals surface area (Å²) in [4.78, 5) is 64.5. The molecule has 0 saturated carbocycles. The normalized spacial score (nSPS) is 26.8. The Labute approximate surface area is 370 Å². The van der Waals surface area contributed by atoms with Crippen LogP contribution in [0.15, 0.2) is 72.9 Å². The lowest BCUT2D eigenvalue weighted by atomic mass is 9.82. The molecule has 1 aliphatic heterocycles. The molecule has 0 aromatic carbocycles. The lowest BCUT2D eigenvalue weighted by molar-refractivity contribution is -0.152. The molecule has 0 saturated heterocycles. The van der Waals surface area contributed by atoms with Gasteiger partial charge in [-0.15, -0.1) is 0 Å². The van der Waals surface area contributed by atoms with E-state index in [1.807, 2.05) is 13.8 Å². The number of hydrogen-bond donors (Lipinski definition) is 3. The zero-order chi connectivity index (χ0) is 45.9. The Kier molecular flexibility index (Phi) is 24.6. The van der Waals surface area contributed by atoms with E-state index in [0.29, 0.717) is 12.8 Å². The molecule has 1 heterocycles. The minimum Gasteiger partial charge on any atom is -0.458 e. The van der Waals surface area contributed by atoms with Crippen molar-refractivity contribution in [2.24, 2.45) is 47.3 Å². The molecule has 0 unspecified atom stereocenters. The highest BCUT2D eigenvalue weighted by Gasteiger charge is 2.37. The highest BCUT2D eigenvalue weighted by atomic mass is 35.6. The second-order valence-electron chi connectivity index (χ2n) is 15.7. The van der Waals surface area contributed by atoms with Crippen molar-refractivity contribution in [3.05, 3.63) is 72.9 Å². The van der Waals surface area contributed by atoms with E-state index in [1.165, 1.54) is 36.5 Å². The van der Waals surface area contributed by atoms with Crippen molar-refractivity contribution in [2.75, 3.05) is 6.61 Å². The molecule has 0 fully saturated rings. The zero-order valence-corrected chi connectivity index (χ0v) is 38.5. The monoisotopic (exact) mass is 902 g/mol. The Hall–Kier alpha value is -3.26. The predicted molar refractivity (Wildman–Crippen MR) is 233 cm³/mol. The molecule has 15 heteroatoms. The summed E-state index contributed by atoms with van der Waals surface area (Å²) in [5, 5.41) is 32.6. The summed E-state index contributed by atoms with van der Waals surface area (Å²) >= 11 is 16.8. The van der Waals surface area contributed by atoms with Crippen LogP contribution in [0.4, 0.5) is 4.79 Å². The number of hydrogen-bond acceptors (Lipinski definition) is 12. The summed E-state index contributed by atoms with van der Waals surface area (Å²) in [6, 6.07) is 0. The van der Waals surface area contributed by atoms with E-state index in [-0.39, 0.29) is 17.6 Å². The van der Waals surface area contributed by atoms with Gasteiger partial charge in [0.2, 0.25) is 3.79 Å². The topological polar surface area (TPSA) is 183 Å². The Morgan fingerprint density at radius 2 is 1.12 bits per heavy atom. The molecule has 0 amide bonds. The number of alkyl halides is 3. The van der Waals surface area contributed by atoms with Crippen LogP contribution in [0.3, 0.4) is 0 Å². The third kappa shape index (κ3) is 19.2. The van der Waals surface area contributed by atoms with Crippen LogP contribution >= 0.6 is 34.8 Å². The van der Waals surface area contributed by atoms with Crippen molar-refractivity contribution in [1.82, 2.24) is 0 Å². The van der Waals surface area contributed by atoms with Crippen molar-refractivity contribution in [3.8, 4) is 0 Å². The molecule has 12 nitrogen and oxygen atoms in total. The number of ether oxygens (including phenoxy) is 4. The highest BCUT2D eigenvalue weighted by molar-refractivity contribution is 6.67. The number of ketones is 2. The number of aliphatic hydroxyl groups excluding tert-OH is 3. The molecule has 0 aromatic rings. The van der Waals surface area contributed by atoms with Crippen LogP contribution in [0.2, 0.25) is 0 Å². The van der Waals surface area contributed by atoms with Crippen molar-refractivity contribution in [1.29, 1.82) is 0 Å². The molecule has 0 spiro atoms. The van der Waals surface area contributed by atoms with Crippen molar-refractivity contribution < 1.29 is 58.2 Å². The maximum Gasteiger partial charge on any atom is 0.508 e. The maximum atomic E-state index is 13.3. The molecule has 0 radical (unpaired) electrons. The van der Waals surface area contributed by atoms with E-state index in [1.54, 1.807) is 91.8 Å². The smallest absolute Gasteiger partial charge is 0.458 e. The van der Waals surface area contributed by atoms with Gasteiger partial charge in [-0.3, -0.25) is 9.59 Å². The van der Waals surface area contributed by atoms with Gasteiger partial charge in [0.15, 0.2) is 11.6 Å². The average molecular weight is 904 g/mol. The number of esters is 2. The van der Waals surface area contributed by atoms with Crippen LogP contribution in [-0.2, 0) is 38.1 Å². The quantitative estimate of drug-likeness (QED) is 0.0520. The van der Waals surface area contributed by atoms with Gasteiger partial charge in [0, 0.05) is 59.5 Å². The first-order valence-corrected chi connectivity index (χ1v) is 21.6. The largest absolute Gasteiger partial charge is 0.508 e. The summed E-state index contributed by atoms with van der Waals surface area (Å²) in [6.07, 6.45) is 12.4. The SMILES string of the molecule is CC[C@@H](/C=C/C(=O)[C@@H](C)[C@H](O)[C@H](C)[C@H]1OC(=O)/C=C/C=C/[C@H](C)[C@@H]([C@@H](C)[C@@H](O)[C@H](C)C(=O)/C=C/[C@H](CC)[C@@H](C)OC(=O)OCC(Cl)(Cl)Cl)OC(=O)/C=C/C=C/[C@@H]1C)[C@@H](C)O. The molecular formula is C45H65Cl3O12. The second kappa shape index (κ2) is 26.9. The van der Waals surface area contributed by atoms with Crippen molar-refractivity contribution in [3.63, 3.8) is 0 Å². The van der Waals surface area contributed by atoms with Gasteiger partial charge in [0.25, 0.3) is 0 Å². The number of rotatable bonds is 18. The zero-order valence-electron chi connectivity index (χ0n) is 36.3. The molecule has 0 aromatic heterocycles. The van der Waals surface area contributed by atoms with Gasteiger partial charge in [-0.2, -0.15) is 0 Å². The summed E-state index contributed by atoms with van der Waals surface area (Å²) in [6.45, 7) is 16.6. The van der Waals surface area contributed by atoms with E-state index >= 15 is 0 Å². The summed E-state index contributed by atoms with van der Waals surface area (Å²) in [7, 11) is 0. The Bertz CT molecular complexity index is 1580. The number of allylic oxidation sites excluding steroid dienone is 6. The number of cyclic esters (lactones) is 2. The second-order valence-corrected chi connectivity index (χ2v) is 18.2. The fourth-order valence-electron chi connectivity index (χ4n) is 6.75. The average Bonchev–Trinajstić information content (AvgIpc) is 3.18. The lowest BCUT2D eigenvalue weighted by Crippen LogP contribution is -2.41. The number of halogens is 3. The van der Waals surface area contributed by atoms with Gasteiger partial charge in [-0.05, 0) is 38.8 Å². The van der Waals surface area contributed by atoms with Gasteiger partial charge in [0.1, 0.15) is 24.9 Å². The first-order chi connectivity index (χ1) is 27.9. The third-order valence-corrected chi connectivity index (χ3v) is 11.2. The molecule has 1 rings (SSSR count). The minimum absolute atomic E-state index is 0.208. The third-order valence-electron chi connectivity index (χ3n) is 10.9. The first kappa shape index (κ1) is 54.8. The van der Waals surface area contributed by atoms with Crippen LogP contribution in [0.1, 0.15) is 82.1 Å². The molecule has 1 aliphatic rings. The highest BCUT2D eigenvalue weighted by Crippen LogP contribution is 2.29. The Balaban J connectivity index is 3.19. The molecule has 0 aliphatic carbocycles. The number of carbonyl (C=O) groups excluding carboxylic acids is 5. The molecule has 338 valence electrons. The van der Waals surface area contributed by atoms with E-state index in [2.05, 4.69) is 0 Å². The molecule has 60 heavy (non-hydrogen) atoms. The van der Waals surface area contributed by atoms with E-state index in [0.717, 1.165) is 0 Å².